The molecule has 1 fully saturated rings. The highest BCUT2D eigenvalue weighted by Gasteiger charge is 2.31. The minimum Gasteiger partial charge on any atom is -0.335 e. The molecule has 4 rings (SSSR count). The average molecular weight is 401 g/mol. The van der Waals surface area contributed by atoms with Gasteiger partial charge in [0.1, 0.15) is 0 Å². The molecule has 1 unspecified atom stereocenters. The number of nitrogens with one attached hydrogen (secondary N) is 1. The van der Waals surface area contributed by atoms with Crippen molar-refractivity contribution in [2.45, 2.75) is 32.7 Å². The summed E-state index contributed by atoms with van der Waals surface area (Å²) in [6, 6.07) is 10.2. The van der Waals surface area contributed by atoms with Crippen LogP contribution in [0, 0.1) is 13.8 Å². The number of nitrogens with zero attached hydrogens (tertiary/aromatic N) is 3. The topological polar surface area (TPSA) is 71.3 Å². The Morgan fingerprint density at radius 2 is 2.04 bits per heavy atom. The molecule has 0 saturated carbocycles. The lowest BCUT2D eigenvalue weighted by molar-refractivity contribution is 0.0739. The number of fused-ring (bicyclic) bond motifs is 1. The number of carbonyl (C=O) groups excluding carboxylic acids is 1. The van der Waals surface area contributed by atoms with Crippen LogP contribution < -0.4 is 5.32 Å². The van der Waals surface area contributed by atoms with Crippen LogP contribution in [-0.2, 0) is 0 Å². The number of rotatable bonds is 4. The Morgan fingerprint density at radius 3 is 2.75 bits per heavy atom. The summed E-state index contributed by atoms with van der Waals surface area (Å²) < 4.78 is 5.42. The molecule has 3 aromatic rings. The third kappa shape index (κ3) is 3.62. The Labute approximate surface area is 170 Å². The van der Waals surface area contributed by atoms with Gasteiger partial charge in [0.05, 0.1) is 22.3 Å². The molecule has 3 heterocycles. The van der Waals surface area contributed by atoms with Crippen LogP contribution in [0.3, 0.4) is 0 Å². The summed E-state index contributed by atoms with van der Waals surface area (Å²) in [5.41, 5.74) is 4.60. The van der Waals surface area contributed by atoms with E-state index in [1.807, 2.05) is 56.1 Å². The Bertz CT molecular complexity index is 984. The molecule has 1 aliphatic heterocycles. The highest BCUT2D eigenvalue weighted by atomic mass is 35.5. The van der Waals surface area contributed by atoms with E-state index in [0.717, 1.165) is 37.2 Å². The van der Waals surface area contributed by atoms with Crippen molar-refractivity contribution >= 4 is 29.4 Å². The fourth-order valence-electron chi connectivity index (χ4n) is 3.84. The number of halogens is 1. The summed E-state index contributed by atoms with van der Waals surface area (Å²) in [7, 11) is 1.92. The van der Waals surface area contributed by atoms with Crippen LogP contribution in [0.15, 0.2) is 34.9 Å². The number of amides is 1. The van der Waals surface area contributed by atoms with Gasteiger partial charge in [-0.15, -0.1) is 12.4 Å². The zero-order chi connectivity index (χ0) is 19.0. The largest absolute Gasteiger partial charge is 0.335 e. The van der Waals surface area contributed by atoms with Crippen molar-refractivity contribution in [3.8, 4) is 11.3 Å². The number of carbonyl (C=O) groups is 1. The van der Waals surface area contributed by atoms with Gasteiger partial charge in [-0.25, -0.2) is 4.98 Å². The number of aromatic nitrogens is 2. The number of likely N-dealkylation sites (tertiary alicyclic amines) is 1. The Morgan fingerprint density at radius 1 is 1.29 bits per heavy atom. The van der Waals surface area contributed by atoms with Gasteiger partial charge in [0.25, 0.3) is 11.6 Å². The summed E-state index contributed by atoms with van der Waals surface area (Å²) in [6.07, 6.45) is 2.05. The van der Waals surface area contributed by atoms with E-state index in [4.69, 9.17) is 4.52 Å². The van der Waals surface area contributed by atoms with Crippen molar-refractivity contribution in [1.29, 1.82) is 0 Å². The Kier molecular flexibility index (Phi) is 6.01. The molecule has 148 valence electrons. The average Bonchev–Trinajstić information content (AvgIpc) is 3.28. The molecule has 0 aliphatic carbocycles. The normalized spacial score (nSPS) is 16.4. The van der Waals surface area contributed by atoms with E-state index in [1.54, 1.807) is 0 Å². The lowest BCUT2D eigenvalue weighted by atomic mass is 10.0. The first-order valence-corrected chi connectivity index (χ1v) is 9.38. The van der Waals surface area contributed by atoms with Gasteiger partial charge in [-0.1, -0.05) is 35.0 Å². The molecule has 0 radical (unpaired) electrons. The highest BCUT2D eigenvalue weighted by molar-refractivity contribution is 6.07. The third-order valence-electron chi connectivity index (χ3n) is 5.27. The van der Waals surface area contributed by atoms with Crippen molar-refractivity contribution < 1.29 is 9.32 Å². The van der Waals surface area contributed by atoms with E-state index in [-0.39, 0.29) is 24.4 Å². The summed E-state index contributed by atoms with van der Waals surface area (Å²) in [6.45, 7) is 5.47. The van der Waals surface area contributed by atoms with E-state index in [1.165, 1.54) is 5.56 Å². The van der Waals surface area contributed by atoms with Crippen LogP contribution in [0.2, 0.25) is 0 Å². The van der Waals surface area contributed by atoms with Gasteiger partial charge in [0.2, 0.25) is 0 Å². The third-order valence-corrected chi connectivity index (χ3v) is 5.27. The number of likely N-dealkylation sites (N-methyl/N-ethyl adjacent to an activating group) is 1. The molecule has 1 saturated heterocycles. The van der Waals surface area contributed by atoms with Crippen LogP contribution in [0.4, 0.5) is 0 Å². The van der Waals surface area contributed by atoms with E-state index in [0.29, 0.717) is 22.4 Å². The number of aryl methyl sites for hydroxylation is 2. The van der Waals surface area contributed by atoms with Crippen molar-refractivity contribution in [2.75, 3.05) is 20.1 Å². The van der Waals surface area contributed by atoms with Gasteiger partial charge in [-0.2, -0.15) is 0 Å². The van der Waals surface area contributed by atoms with Gasteiger partial charge in [-0.3, -0.25) is 4.79 Å². The Balaban J connectivity index is 0.00000225. The van der Waals surface area contributed by atoms with E-state index in [2.05, 4.69) is 15.5 Å². The second-order valence-electron chi connectivity index (χ2n) is 7.22. The van der Waals surface area contributed by atoms with Crippen LogP contribution >= 0.6 is 12.4 Å². The molecule has 28 heavy (non-hydrogen) atoms. The van der Waals surface area contributed by atoms with Crippen LogP contribution in [-0.4, -0.2) is 47.1 Å². The Hall–Kier alpha value is -2.44. The smallest absolute Gasteiger partial charge is 0.259 e. The molecule has 1 amide bonds. The van der Waals surface area contributed by atoms with Gasteiger partial charge in [0, 0.05) is 24.7 Å². The van der Waals surface area contributed by atoms with Gasteiger partial charge in [-0.05, 0) is 39.8 Å². The number of pyridine rings is 1. The SMILES string of the molecule is CNCC1CCCN1C(=O)c1cc(-c2ccc(C)cc2)nc2onc(C)c12.Cl. The minimum absolute atomic E-state index is 0. The lowest BCUT2D eigenvalue weighted by Gasteiger charge is -2.25. The summed E-state index contributed by atoms with van der Waals surface area (Å²) in [5, 5.41) is 7.96. The molecule has 1 aliphatic rings. The standard InChI is InChI=1S/C21H24N4O2.ClH/c1-13-6-8-15(9-7-13)18-11-17(19-14(2)24-27-20(19)23-18)21(26)25-10-4-5-16(25)12-22-3;/h6-9,11,16,22H,4-5,10,12H2,1-3H3;1H. The zero-order valence-electron chi connectivity index (χ0n) is 16.4. The highest BCUT2D eigenvalue weighted by Crippen LogP contribution is 2.30. The first-order valence-electron chi connectivity index (χ1n) is 9.38. The summed E-state index contributed by atoms with van der Waals surface area (Å²) in [4.78, 5) is 20.0. The van der Waals surface area contributed by atoms with Gasteiger partial charge < -0.3 is 14.7 Å². The molecule has 0 spiro atoms. The van der Waals surface area contributed by atoms with E-state index >= 15 is 0 Å². The molecular weight excluding hydrogens is 376 g/mol. The van der Waals surface area contributed by atoms with Crippen LogP contribution in [0.5, 0.6) is 0 Å². The van der Waals surface area contributed by atoms with Crippen LogP contribution in [0.1, 0.15) is 34.5 Å². The van der Waals surface area contributed by atoms with E-state index < -0.39 is 0 Å². The molecule has 1 atom stereocenters. The van der Waals surface area contributed by atoms with Gasteiger partial charge in [0.15, 0.2) is 0 Å². The fourth-order valence-corrected chi connectivity index (χ4v) is 3.84. The first kappa shape index (κ1) is 20.3. The van der Waals surface area contributed by atoms with E-state index in [9.17, 15) is 4.79 Å². The minimum atomic E-state index is 0. The maximum absolute atomic E-state index is 13.4. The van der Waals surface area contributed by atoms with Crippen LogP contribution in [0.25, 0.3) is 22.4 Å². The molecule has 1 N–H and O–H groups in total. The number of hydrogen-bond acceptors (Lipinski definition) is 5. The quantitative estimate of drug-likeness (QED) is 0.722. The molecular formula is C21H25ClN4O2. The fraction of sp³-hybridized carbons (Fsp3) is 0.381. The van der Waals surface area contributed by atoms with Crippen molar-refractivity contribution in [2.24, 2.45) is 0 Å². The molecule has 0 bridgehead atoms. The number of benzene rings is 1. The first-order chi connectivity index (χ1) is 13.1. The molecule has 2 aromatic heterocycles. The van der Waals surface area contributed by atoms with Crippen molar-refractivity contribution in [3.63, 3.8) is 0 Å². The lowest BCUT2D eigenvalue weighted by Crippen LogP contribution is -2.40. The maximum atomic E-state index is 13.4. The van der Waals surface area contributed by atoms with Gasteiger partial charge >= 0.3 is 0 Å². The van der Waals surface area contributed by atoms with Crippen molar-refractivity contribution in [1.82, 2.24) is 20.4 Å². The predicted octanol–water partition coefficient (Wildman–Crippen LogP) is 3.75. The maximum Gasteiger partial charge on any atom is 0.259 e. The monoisotopic (exact) mass is 400 g/mol. The number of hydrogen-bond donors (Lipinski definition) is 1. The summed E-state index contributed by atoms with van der Waals surface area (Å²) in [5.74, 6) is 0.0276. The predicted molar refractivity (Wildman–Crippen MR) is 112 cm³/mol. The summed E-state index contributed by atoms with van der Waals surface area (Å²) >= 11 is 0. The second kappa shape index (κ2) is 8.29. The van der Waals surface area contributed by atoms with Crippen molar-refractivity contribution in [3.05, 3.63) is 47.2 Å². The second-order valence-corrected chi connectivity index (χ2v) is 7.22. The molecule has 7 heteroatoms. The molecule has 1 aromatic carbocycles. The molecule has 6 nitrogen and oxygen atoms in total. The zero-order valence-corrected chi connectivity index (χ0v) is 17.2.